The summed E-state index contributed by atoms with van der Waals surface area (Å²) in [4.78, 5) is 16.6. The molecule has 86 valence electrons. The molecule has 0 saturated heterocycles. The summed E-state index contributed by atoms with van der Waals surface area (Å²) >= 11 is 3.27. The molecule has 0 saturated carbocycles. The second kappa shape index (κ2) is 4.29. The number of fused-ring (bicyclic) bond motifs is 1. The lowest BCUT2D eigenvalue weighted by Gasteiger charge is -2.33. The monoisotopic (exact) mass is 286 g/mol. The molecule has 1 amide bonds. The highest BCUT2D eigenvalue weighted by Crippen LogP contribution is 2.34. The van der Waals surface area contributed by atoms with E-state index in [0.717, 1.165) is 4.47 Å². The Morgan fingerprint density at radius 3 is 3.19 bits per heavy atom. The van der Waals surface area contributed by atoms with E-state index in [1.54, 1.807) is 12.3 Å². The van der Waals surface area contributed by atoms with Gasteiger partial charge < -0.3 is 9.84 Å². The quantitative estimate of drug-likeness (QED) is 0.862. The summed E-state index contributed by atoms with van der Waals surface area (Å²) in [6, 6.07) is 1.55. The van der Waals surface area contributed by atoms with Crippen molar-refractivity contribution in [2.24, 2.45) is 0 Å². The first-order valence-electron chi connectivity index (χ1n) is 4.94. The Labute approximate surface area is 101 Å². The van der Waals surface area contributed by atoms with E-state index in [-0.39, 0.29) is 6.04 Å². The lowest BCUT2D eigenvalue weighted by Crippen LogP contribution is -2.46. The molecule has 0 aromatic carbocycles. The van der Waals surface area contributed by atoms with E-state index in [1.807, 2.05) is 6.92 Å². The Kier molecular flexibility index (Phi) is 3.00. The van der Waals surface area contributed by atoms with Gasteiger partial charge in [-0.25, -0.2) is 9.78 Å². The molecule has 0 bridgehead atoms. The zero-order chi connectivity index (χ0) is 11.7. The van der Waals surface area contributed by atoms with Crippen LogP contribution >= 0.6 is 15.9 Å². The molecule has 0 fully saturated rings. The molecule has 2 rings (SSSR count). The zero-order valence-corrected chi connectivity index (χ0v) is 10.3. The highest BCUT2D eigenvalue weighted by molar-refractivity contribution is 9.10. The molecule has 2 heterocycles. The molecule has 0 spiro atoms. The minimum absolute atomic E-state index is 0.152. The van der Waals surface area contributed by atoms with Crippen LogP contribution in [0.2, 0.25) is 0 Å². The molecule has 1 atom stereocenters. The summed E-state index contributed by atoms with van der Waals surface area (Å²) in [5, 5.41) is 9.20. The minimum atomic E-state index is -0.976. The molecule has 1 aromatic rings. The smallest absolute Gasteiger partial charge is 0.412 e. The van der Waals surface area contributed by atoms with Gasteiger partial charge in [-0.15, -0.1) is 0 Å². The highest BCUT2D eigenvalue weighted by Gasteiger charge is 2.32. The molecule has 1 aromatic heterocycles. The second-order valence-electron chi connectivity index (χ2n) is 3.50. The van der Waals surface area contributed by atoms with Crippen molar-refractivity contribution in [3.63, 3.8) is 0 Å². The Hall–Kier alpha value is -1.30. The molecular weight excluding hydrogens is 276 g/mol. The number of pyridine rings is 1. The largest absolute Gasteiger partial charge is 0.474 e. The van der Waals surface area contributed by atoms with E-state index in [4.69, 9.17) is 4.74 Å². The van der Waals surface area contributed by atoms with Gasteiger partial charge in [0.05, 0.1) is 6.04 Å². The Balaban J connectivity index is 2.47. The van der Waals surface area contributed by atoms with Crippen molar-refractivity contribution in [2.75, 3.05) is 11.5 Å². The van der Waals surface area contributed by atoms with Gasteiger partial charge in [-0.3, -0.25) is 4.90 Å². The van der Waals surface area contributed by atoms with Crippen molar-refractivity contribution >= 4 is 27.7 Å². The zero-order valence-electron chi connectivity index (χ0n) is 8.68. The van der Waals surface area contributed by atoms with Gasteiger partial charge in [-0.1, -0.05) is 6.92 Å². The molecule has 16 heavy (non-hydrogen) atoms. The van der Waals surface area contributed by atoms with Crippen LogP contribution in [0.25, 0.3) is 0 Å². The Morgan fingerprint density at radius 1 is 1.81 bits per heavy atom. The summed E-state index contributed by atoms with van der Waals surface area (Å²) in [5.74, 6) is 0.371. The first kappa shape index (κ1) is 11.2. The molecule has 1 aliphatic rings. The summed E-state index contributed by atoms with van der Waals surface area (Å²) in [5.41, 5.74) is 0.500. The number of ether oxygens (including phenoxy) is 1. The van der Waals surface area contributed by atoms with E-state index < -0.39 is 6.09 Å². The lowest BCUT2D eigenvalue weighted by atomic mass is 10.1. The van der Waals surface area contributed by atoms with Gasteiger partial charge in [0.2, 0.25) is 5.88 Å². The fraction of sp³-hybridized carbons (Fsp3) is 0.400. The van der Waals surface area contributed by atoms with Crippen molar-refractivity contribution < 1.29 is 14.6 Å². The number of anilines is 1. The number of hydrogen-bond acceptors (Lipinski definition) is 3. The average Bonchev–Trinajstić information content (AvgIpc) is 2.26. The van der Waals surface area contributed by atoms with Crippen LogP contribution in [0, 0.1) is 0 Å². The van der Waals surface area contributed by atoms with E-state index in [2.05, 4.69) is 20.9 Å². The van der Waals surface area contributed by atoms with E-state index in [0.29, 0.717) is 24.6 Å². The van der Waals surface area contributed by atoms with Crippen LogP contribution in [0.15, 0.2) is 16.7 Å². The lowest BCUT2D eigenvalue weighted by molar-refractivity contribution is 0.185. The standard InChI is InChI=1S/C10H11BrN2O3/c1-2-7-5-16-9-8(13(7)10(14)15)3-6(11)4-12-9/h3-4,7H,2,5H2,1H3,(H,14,15). The molecular formula is C10H11BrN2O3. The Bertz CT molecular complexity index is 425. The van der Waals surface area contributed by atoms with Crippen molar-refractivity contribution in [1.82, 2.24) is 4.98 Å². The number of carbonyl (C=O) groups is 1. The SMILES string of the molecule is CCC1COc2ncc(Br)cc2N1C(=O)O. The number of nitrogens with zero attached hydrogens (tertiary/aromatic N) is 2. The third-order valence-corrected chi connectivity index (χ3v) is 2.95. The van der Waals surface area contributed by atoms with Crippen LogP contribution in [-0.4, -0.2) is 28.8 Å². The number of aromatic nitrogens is 1. The molecule has 0 aliphatic carbocycles. The number of amides is 1. The molecule has 0 radical (unpaired) electrons. The van der Waals surface area contributed by atoms with Crippen molar-refractivity contribution in [2.45, 2.75) is 19.4 Å². The van der Waals surface area contributed by atoms with Crippen molar-refractivity contribution in [3.8, 4) is 5.88 Å². The predicted octanol–water partition coefficient (Wildman–Crippen LogP) is 2.50. The second-order valence-corrected chi connectivity index (χ2v) is 4.42. The Morgan fingerprint density at radius 2 is 2.56 bits per heavy atom. The van der Waals surface area contributed by atoms with Gasteiger partial charge in [0.1, 0.15) is 12.3 Å². The first-order chi connectivity index (χ1) is 7.63. The first-order valence-corrected chi connectivity index (χ1v) is 5.73. The van der Waals surface area contributed by atoms with Gasteiger partial charge in [-0.2, -0.15) is 0 Å². The van der Waals surface area contributed by atoms with Gasteiger partial charge in [0.15, 0.2) is 0 Å². The molecule has 5 nitrogen and oxygen atoms in total. The highest BCUT2D eigenvalue weighted by atomic mass is 79.9. The molecule has 6 heteroatoms. The van der Waals surface area contributed by atoms with Crippen molar-refractivity contribution in [3.05, 3.63) is 16.7 Å². The molecule has 1 aliphatic heterocycles. The third-order valence-electron chi connectivity index (χ3n) is 2.51. The van der Waals surface area contributed by atoms with Crippen molar-refractivity contribution in [1.29, 1.82) is 0 Å². The van der Waals surface area contributed by atoms with Crippen LogP contribution in [-0.2, 0) is 0 Å². The fourth-order valence-corrected chi connectivity index (χ4v) is 2.03. The maximum atomic E-state index is 11.2. The van der Waals surface area contributed by atoms with Crippen LogP contribution in [0.3, 0.4) is 0 Å². The maximum Gasteiger partial charge on any atom is 0.412 e. The van der Waals surface area contributed by atoms with Crippen LogP contribution < -0.4 is 9.64 Å². The van der Waals surface area contributed by atoms with Crippen LogP contribution in [0.4, 0.5) is 10.5 Å². The van der Waals surface area contributed by atoms with Gasteiger partial charge >= 0.3 is 6.09 Å². The van der Waals surface area contributed by atoms with E-state index in [9.17, 15) is 9.90 Å². The fourth-order valence-electron chi connectivity index (χ4n) is 1.71. The van der Waals surface area contributed by atoms with Gasteiger partial charge in [0, 0.05) is 10.7 Å². The summed E-state index contributed by atoms with van der Waals surface area (Å²) in [6.07, 6.45) is 1.32. The maximum absolute atomic E-state index is 11.2. The third kappa shape index (κ3) is 1.84. The van der Waals surface area contributed by atoms with E-state index >= 15 is 0 Å². The van der Waals surface area contributed by atoms with Crippen LogP contribution in [0.1, 0.15) is 13.3 Å². The topological polar surface area (TPSA) is 62.7 Å². The van der Waals surface area contributed by atoms with E-state index in [1.165, 1.54) is 4.90 Å². The summed E-state index contributed by atoms with van der Waals surface area (Å²) in [7, 11) is 0. The number of hydrogen-bond donors (Lipinski definition) is 1. The summed E-state index contributed by atoms with van der Waals surface area (Å²) < 4.78 is 6.16. The molecule has 1 unspecified atom stereocenters. The average molecular weight is 287 g/mol. The number of carboxylic acid groups (broad SMARTS) is 1. The number of rotatable bonds is 1. The molecule has 1 N–H and O–H groups in total. The minimum Gasteiger partial charge on any atom is -0.474 e. The predicted molar refractivity (Wildman–Crippen MR) is 62.0 cm³/mol. The van der Waals surface area contributed by atoms with Gasteiger partial charge in [0.25, 0.3) is 0 Å². The summed E-state index contributed by atoms with van der Waals surface area (Å²) in [6.45, 7) is 2.28. The normalized spacial score (nSPS) is 18.9. The van der Waals surface area contributed by atoms with Gasteiger partial charge in [-0.05, 0) is 28.4 Å². The van der Waals surface area contributed by atoms with Crippen LogP contribution in [0.5, 0.6) is 5.88 Å². The number of halogens is 1.